The van der Waals surface area contributed by atoms with Gasteiger partial charge in [0.05, 0.1) is 16.0 Å². The van der Waals surface area contributed by atoms with E-state index >= 15 is 0 Å². The van der Waals surface area contributed by atoms with Crippen LogP contribution in [0, 0.1) is 24.0 Å². The van der Waals surface area contributed by atoms with Gasteiger partial charge in [0, 0.05) is 51.1 Å². The van der Waals surface area contributed by atoms with Crippen LogP contribution < -0.4 is 5.32 Å². The molecule has 8 nitrogen and oxygen atoms in total. The summed E-state index contributed by atoms with van der Waals surface area (Å²) >= 11 is 5.84. The van der Waals surface area contributed by atoms with Gasteiger partial charge in [0.15, 0.2) is 23.3 Å². The van der Waals surface area contributed by atoms with Crippen molar-refractivity contribution in [2.24, 2.45) is 5.41 Å². The fourth-order valence-electron chi connectivity index (χ4n) is 4.54. The van der Waals surface area contributed by atoms with Crippen LogP contribution in [0.4, 0.5) is 20.4 Å². The second-order valence-corrected chi connectivity index (χ2v) is 9.65. The Hall–Kier alpha value is -3.53. The largest absolute Gasteiger partial charge is 0.348 e. The van der Waals surface area contributed by atoms with Crippen LogP contribution >= 0.6 is 11.6 Å². The van der Waals surface area contributed by atoms with Gasteiger partial charge < -0.3 is 15.1 Å². The van der Waals surface area contributed by atoms with Crippen LogP contribution in [0.15, 0.2) is 36.4 Å². The Morgan fingerprint density at radius 1 is 1.19 bits per heavy atom. The van der Waals surface area contributed by atoms with Crippen molar-refractivity contribution in [2.75, 3.05) is 32.5 Å². The van der Waals surface area contributed by atoms with Gasteiger partial charge in [0.1, 0.15) is 0 Å². The summed E-state index contributed by atoms with van der Waals surface area (Å²) in [5, 5.41) is 9.57. The number of rotatable bonds is 6. The number of amides is 2. The highest BCUT2D eigenvalue weighted by atomic mass is 35.5. The van der Waals surface area contributed by atoms with Crippen LogP contribution in [-0.4, -0.2) is 64.0 Å². The topological polar surface area (TPSA) is 94.2 Å². The van der Waals surface area contributed by atoms with Crippen molar-refractivity contribution in [1.82, 2.24) is 25.0 Å². The number of aryl methyl sites for hydroxylation is 1. The summed E-state index contributed by atoms with van der Waals surface area (Å²) in [6, 6.07) is 8.89. The van der Waals surface area contributed by atoms with Gasteiger partial charge >= 0.3 is 0 Å². The molecule has 0 unspecified atom stereocenters. The first kappa shape index (κ1) is 25.6. The van der Waals surface area contributed by atoms with Gasteiger partial charge in [-0.15, -0.1) is 0 Å². The first-order valence-electron chi connectivity index (χ1n) is 11.5. The summed E-state index contributed by atoms with van der Waals surface area (Å²) in [5.74, 6) is -1.44. The number of halogens is 3. The van der Waals surface area contributed by atoms with Crippen LogP contribution in [-0.2, 0) is 11.2 Å². The highest BCUT2D eigenvalue weighted by Crippen LogP contribution is 2.37. The normalized spacial score (nSPS) is 15.0. The van der Waals surface area contributed by atoms with Crippen LogP contribution in [0.1, 0.15) is 34.6 Å². The number of aromatic nitrogens is 3. The number of benzene rings is 1. The van der Waals surface area contributed by atoms with E-state index in [2.05, 4.69) is 20.5 Å². The van der Waals surface area contributed by atoms with E-state index in [-0.39, 0.29) is 41.8 Å². The molecule has 3 aromatic rings. The second-order valence-electron chi connectivity index (χ2n) is 9.24. The Labute approximate surface area is 212 Å². The summed E-state index contributed by atoms with van der Waals surface area (Å²) < 4.78 is 28.9. The number of carbonyl (C=O) groups is 2. The monoisotopic (exact) mass is 516 g/mol. The molecular weight excluding hydrogens is 490 g/mol. The summed E-state index contributed by atoms with van der Waals surface area (Å²) in [6.45, 7) is 2.33. The molecule has 0 radical (unpaired) electrons. The molecule has 0 saturated carbocycles. The quantitative estimate of drug-likeness (QED) is 0.508. The minimum Gasteiger partial charge on any atom is -0.348 e. The van der Waals surface area contributed by atoms with Crippen LogP contribution in [0.3, 0.4) is 0 Å². The maximum Gasteiger partial charge on any atom is 0.256 e. The number of carbonyl (C=O) groups excluding carboxylic acids is 2. The number of nitrogens with one attached hydrogen (secondary N) is 2. The average molecular weight is 517 g/mol. The number of hydrogen-bond donors (Lipinski definition) is 2. The van der Waals surface area contributed by atoms with E-state index in [1.807, 2.05) is 6.92 Å². The van der Waals surface area contributed by atoms with Crippen LogP contribution in [0.5, 0.6) is 0 Å². The van der Waals surface area contributed by atoms with Gasteiger partial charge in [-0.3, -0.25) is 14.7 Å². The average Bonchev–Trinajstić information content (AvgIpc) is 3.27. The predicted molar refractivity (Wildman–Crippen MR) is 132 cm³/mol. The predicted octanol–water partition coefficient (Wildman–Crippen LogP) is 4.34. The smallest absolute Gasteiger partial charge is 0.256 e. The number of nitrogens with zero attached hydrogens (tertiary/aromatic N) is 4. The van der Waals surface area contributed by atoms with Gasteiger partial charge in [-0.2, -0.15) is 5.10 Å². The molecule has 2 N–H and O–H groups in total. The summed E-state index contributed by atoms with van der Waals surface area (Å²) in [4.78, 5) is 33.8. The van der Waals surface area contributed by atoms with Gasteiger partial charge in [-0.1, -0.05) is 17.7 Å². The summed E-state index contributed by atoms with van der Waals surface area (Å²) in [6.07, 6.45) is 0.947. The maximum atomic E-state index is 14.5. The van der Waals surface area contributed by atoms with Crippen molar-refractivity contribution in [1.29, 1.82) is 0 Å². The van der Waals surface area contributed by atoms with Crippen molar-refractivity contribution in [2.45, 2.75) is 26.2 Å². The van der Waals surface area contributed by atoms with E-state index in [0.717, 1.165) is 5.69 Å². The van der Waals surface area contributed by atoms with E-state index in [1.165, 1.54) is 34.1 Å². The molecule has 1 aromatic carbocycles. The Morgan fingerprint density at radius 3 is 2.56 bits per heavy atom. The standard InChI is InChI=1S/C25H27ClF2N6O2/c1-15-13-20(32-31-15)30-22-19(27)8-7-16(29-22)14-25(24(36)33(2)3)9-11-34(12-10-25)23(35)17-5-4-6-18(26)21(17)28/h4-8,13H,9-12,14H2,1-3H3,(H2,29,30,31,32). The van der Waals surface area contributed by atoms with Crippen molar-refractivity contribution in [3.63, 3.8) is 0 Å². The summed E-state index contributed by atoms with van der Waals surface area (Å²) in [7, 11) is 3.35. The summed E-state index contributed by atoms with van der Waals surface area (Å²) in [5.41, 5.74) is 0.391. The molecule has 1 aliphatic heterocycles. The molecule has 2 amide bonds. The van der Waals surface area contributed by atoms with E-state index < -0.39 is 23.0 Å². The second kappa shape index (κ2) is 10.2. The van der Waals surface area contributed by atoms with Crippen molar-refractivity contribution in [3.8, 4) is 0 Å². The molecule has 0 atom stereocenters. The number of H-pyrrole nitrogens is 1. The Bertz CT molecular complexity index is 1290. The number of likely N-dealkylation sites (tertiary alicyclic amines) is 1. The Morgan fingerprint density at radius 2 is 1.92 bits per heavy atom. The molecule has 2 aromatic heterocycles. The zero-order valence-corrected chi connectivity index (χ0v) is 21.0. The highest BCUT2D eigenvalue weighted by Gasteiger charge is 2.44. The Kier molecular flexibility index (Phi) is 7.26. The molecule has 1 aliphatic rings. The number of aromatic amines is 1. The fourth-order valence-corrected chi connectivity index (χ4v) is 4.71. The molecule has 1 saturated heterocycles. The maximum absolute atomic E-state index is 14.5. The molecular formula is C25H27ClF2N6O2. The lowest BCUT2D eigenvalue weighted by Gasteiger charge is -2.42. The van der Waals surface area contributed by atoms with E-state index in [1.54, 1.807) is 26.2 Å². The minimum absolute atomic E-state index is 0.00972. The third-order valence-corrected chi connectivity index (χ3v) is 6.72. The fraction of sp³-hybridized carbons (Fsp3) is 0.360. The number of anilines is 2. The number of pyridine rings is 1. The lowest BCUT2D eigenvalue weighted by atomic mass is 9.73. The van der Waals surface area contributed by atoms with E-state index in [9.17, 15) is 18.4 Å². The molecule has 0 spiro atoms. The van der Waals surface area contributed by atoms with Crippen molar-refractivity contribution >= 4 is 35.1 Å². The molecule has 0 bridgehead atoms. The highest BCUT2D eigenvalue weighted by molar-refractivity contribution is 6.31. The van der Waals surface area contributed by atoms with Gasteiger partial charge in [0.2, 0.25) is 5.91 Å². The third kappa shape index (κ3) is 5.18. The van der Waals surface area contributed by atoms with Gasteiger partial charge in [0.25, 0.3) is 5.91 Å². The van der Waals surface area contributed by atoms with E-state index in [4.69, 9.17) is 11.6 Å². The first-order valence-corrected chi connectivity index (χ1v) is 11.9. The van der Waals surface area contributed by atoms with E-state index in [0.29, 0.717) is 24.4 Å². The zero-order chi connectivity index (χ0) is 26.0. The van der Waals surface area contributed by atoms with Crippen molar-refractivity contribution < 1.29 is 18.4 Å². The Balaban J connectivity index is 1.55. The van der Waals surface area contributed by atoms with Crippen LogP contribution in [0.25, 0.3) is 0 Å². The first-order chi connectivity index (χ1) is 17.1. The molecule has 3 heterocycles. The van der Waals surface area contributed by atoms with Crippen molar-refractivity contribution in [3.05, 3.63) is 70.0 Å². The molecule has 11 heteroatoms. The molecule has 4 rings (SSSR count). The SMILES string of the molecule is Cc1cc(Nc2nc(CC3(C(=O)N(C)C)CCN(C(=O)c4cccc(Cl)c4F)CC3)ccc2F)n[nH]1. The number of hydrogen-bond acceptors (Lipinski definition) is 5. The molecule has 1 fully saturated rings. The zero-order valence-electron chi connectivity index (χ0n) is 20.2. The molecule has 190 valence electrons. The van der Waals surface area contributed by atoms with Gasteiger partial charge in [-0.25, -0.2) is 13.8 Å². The third-order valence-electron chi connectivity index (χ3n) is 6.43. The van der Waals surface area contributed by atoms with Crippen LogP contribution in [0.2, 0.25) is 5.02 Å². The lowest BCUT2D eigenvalue weighted by molar-refractivity contribution is -0.142. The molecule has 0 aliphatic carbocycles. The molecule has 36 heavy (non-hydrogen) atoms. The lowest BCUT2D eigenvalue weighted by Crippen LogP contribution is -2.51. The minimum atomic E-state index is -0.849. The number of piperidine rings is 1. The van der Waals surface area contributed by atoms with Gasteiger partial charge in [-0.05, 0) is 44.0 Å².